The molecule has 2 aliphatic heterocycles. The van der Waals surface area contributed by atoms with Gasteiger partial charge in [-0.3, -0.25) is 4.79 Å². The minimum Gasteiger partial charge on any atom is -0.376 e. The third kappa shape index (κ3) is 4.13. The summed E-state index contributed by atoms with van der Waals surface area (Å²) in [6, 6.07) is 0.347. The van der Waals surface area contributed by atoms with Crippen LogP contribution in [0.5, 0.6) is 0 Å². The normalized spacial score (nSPS) is 33.3. The van der Waals surface area contributed by atoms with Crippen LogP contribution in [-0.2, 0) is 20.8 Å². The Balaban J connectivity index is 1.53. The number of imidazole rings is 1. The number of nitrogens with zero attached hydrogens (tertiary/aromatic N) is 3. The standard InChI is InChI=1S/C22H35N3O3/c1-3-24-12-11-23-21(24)20-19(10-14-28-20)22(26)25(15-18-5-4-13-27-18)17-8-6-16(2)7-9-17/h11-12,16-20H,3-10,13-15H2,1-2H3/t16?,17?,18?,19-,20-/m1/s1. The molecule has 156 valence electrons. The SMILES string of the molecule is CCn1ccnc1[C@@H]1OCC[C@H]1C(=O)N(CC1CCCO1)C1CCC(C)CC1. The monoisotopic (exact) mass is 389 g/mol. The molecule has 0 spiro atoms. The highest BCUT2D eigenvalue weighted by Crippen LogP contribution is 2.37. The third-order valence-corrected chi connectivity index (χ3v) is 6.89. The molecule has 3 aliphatic rings. The molecule has 3 atom stereocenters. The summed E-state index contributed by atoms with van der Waals surface area (Å²) in [6.07, 6.45) is 11.4. The second kappa shape index (κ2) is 8.95. The highest BCUT2D eigenvalue weighted by Gasteiger charge is 2.42. The zero-order chi connectivity index (χ0) is 19.5. The highest BCUT2D eigenvalue weighted by molar-refractivity contribution is 5.80. The van der Waals surface area contributed by atoms with Gasteiger partial charge < -0.3 is 18.9 Å². The van der Waals surface area contributed by atoms with Gasteiger partial charge in [-0.2, -0.15) is 0 Å². The van der Waals surface area contributed by atoms with Crippen LogP contribution < -0.4 is 0 Å². The number of carbonyl (C=O) groups excluding carboxylic acids is 1. The van der Waals surface area contributed by atoms with E-state index in [0.717, 1.165) is 63.5 Å². The minimum absolute atomic E-state index is 0.131. The Bertz CT molecular complexity index is 647. The number of aryl methyl sites for hydroxylation is 1. The molecule has 0 N–H and O–H groups in total. The maximum Gasteiger partial charge on any atom is 0.229 e. The molecular formula is C22H35N3O3. The molecular weight excluding hydrogens is 354 g/mol. The Kier molecular flexibility index (Phi) is 6.36. The van der Waals surface area contributed by atoms with E-state index in [0.29, 0.717) is 12.6 Å². The molecule has 1 aromatic rings. The fourth-order valence-corrected chi connectivity index (χ4v) is 5.14. The lowest BCUT2D eigenvalue weighted by Gasteiger charge is -2.39. The molecule has 1 aliphatic carbocycles. The van der Waals surface area contributed by atoms with Gasteiger partial charge in [0.15, 0.2) is 0 Å². The Labute approximate surface area is 168 Å². The first-order valence-electron chi connectivity index (χ1n) is 11.2. The maximum absolute atomic E-state index is 13.8. The van der Waals surface area contributed by atoms with Crippen molar-refractivity contribution < 1.29 is 14.3 Å². The van der Waals surface area contributed by atoms with Gasteiger partial charge >= 0.3 is 0 Å². The van der Waals surface area contributed by atoms with E-state index in [1.165, 1.54) is 12.8 Å². The van der Waals surface area contributed by atoms with Crippen molar-refractivity contribution in [3.05, 3.63) is 18.2 Å². The Morgan fingerprint density at radius 3 is 2.71 bits per heavy atom. The quantitative estimate of drug-likeness (QED) is 0.746. The molecule has 0 aromatic carbocycles. The first kappa shape index (κ1) is 19.9. The Morgan fingerprint density at radius 2 is 2.00 bits per heavy atom. The van der Waals surface area contributed by atoms with Crippen molar-refractivity contribution in [2.24, 2.45) is 11.8 Å². The third-order valence-electron chi connectivity index (χ3n) is 6.89. The van der Waals surface area contributed by atoms with E-state index in [4.69, 9.17) is 9.47 Å². The van der Waals surface area contributed by atoms with Crippen molar-refractivity contribution in [3.63, 3.8) is 0 Å². The van der Waals surface area contributed by atoms with Crippen molar-refractivity contribution >= 4 is 5.91 Å². The van der Waals surface area contributed by atoms with Gasteiger partial charge in [0.25, 0.3) is 0 Å². The average molecular weight is 390 g/mol. The van der Waals surface area contributed by atoms with Crippen LogP contribution >= 0.6 is 0 Å². The predicted octanol–water partition coefficient (Wildman–Crippen LogP) is 3.57. The lowest BCUT2D eigenvalue weighted by atomic mass is 9.85. The van der Waals surface area contributed by atoms with E-state index in [2.05, 4.69) is 28.3 Å². The van der Waals surface area contributed by atoms with Crippen molar-refractivity contribution in [1.29, 1.82) is 0 Å². The van der Waals surface area contributed by atoms with Gasteiger partial charge in [-0.15, -0.1) is 0 Å². The molecule has 0 bridgehead atoms. The van der Waals surface area contributed by atoms with Gasteiger partial charge in [0.1, 0.15) is 11.9 Å². The second-order valence-corrected chi connectivity index (χ2v) is 8.80. The molecule has 4 rings (SSSR count). The highest BCUT2D eigenvalue weighted by atomic mass is 16.5. The van der Waals surface area contributed by atoms with Crippen molar-refractivity contribution in [1.82, 2.24) is 14.5 Å². The molecule has 0 radical (unpaired) electrons. The summed E-state index contributed by atoms with van der Waals surface area (Å²) in [5, 5.41) is 0. The molecule has 28 heavy (non-hydrogen) atoms. The van der Waals surface area contributed by atoms with Crippen LogP contribution in [0.4, 0.5) is 0 Å². The number of ether oxygens (including phenoxy) is 2. The number of carbonyl (C=O) groups is 1. The van der Waals surface area contributed by atoms with Crippen LogP contribution in [0.15, 0.2) is 12.4 Å². The van der Waals surface area contributed by atoms with Crippen molar-refractivity contribution in [3.8, 4) is 0 Å². The molecule has 3 fully saturated rings. The van der Waals surface area contributed by atoms with E-state index in [9.17, 15) is 4.79 Å². The first-order chi connectivity index (χ1) is 13.7. The average Bonchev–Trinajstić information content (AvgIpc) is 3.47. The van der Waals surface area contributed by atoms with Gasteiger partial charge in [0.2, 0.25) is 5.91 Å². The van der Waals surface area contributed by atoms with Crippen LogP contribution in [0.1, 0.15) is 70.7 Å². The summed E-state index contributed by atoms with van der Waals surface area (Å²) in [5.74, 6) is 1.79. The summed E-state index contributed by atoms with van der Waals surface area (Å²) in [6.45, 7) is 7.47. The van der Waals surface area contributed by atoms with E-state index >= 15 is 0 Å². The van der Waals surface area contributed by atoms with Crippen LogP contribution in [0, 0.1) is 11.8 Å². The maximum atomic E-state index is 13.8. The van der Waals surface area contributed by atoms with Crippen LogP contribution in [0.2, 0.25) is 0 Å². The summed E-state index contributed by atoms with van der Waals surface area (Å²) in [5.41, 5.74) is 0. The van der Waals surface area contributed by atoms with Crippen LogP contribution in [0.25, 0.3) is 0 Å². The lowest BCUT2D eigenvalue weighted by Crippen LogP contribution is -2.49. The van der Waals surface area contributed by atoms with Crippen LogP contribution in [-0.4, -0.2) is 52.3 Å². The van der Waals surface area contributed by atoms with Gasteiger partial charge in [0, 0.05) is 44.7 Å². The van der Waals surface area contributed by atoms with Crippen molar-refractivity contribution in [2.75, 3.05) is 19.8 Å². The van der Waals surface area contributed by atoms with E-state index in [1.54, 1.807) is 0 Å². The zero-order valence-corrected chi connectivity index (χ0v) is 17.4. The minimum atomic E-state index is -0.225. The number of hydrogen-bond donors (Lipinski definition) is 0. The van der Waals surface area contributed by atoms with Crippen molar-refractivity contribution in [2.45, 2.75) is 83.6 Å². The molecule has 2 saturated heterocycles. The molecule has 1 aromatic heterocycles. The predicted molar refractivity (Wildman–Crippen MR) is 107 cm³/mol. The first-order valence-corrected chi connectivity index (χ1v) is 11.2. The summed E-state index contributed by atoms with van der Waals surface area (Å²) in [7, 11) is 0. The molecule has 3 heterocycles. The van der Waals surface area contributed by atoms with Gasteiger partial charge in [0.05, 0.1) is 12.0 Å². The topological polar surface area (TPSA) is 56.6 Å². The molecule has 6 heteroatoms. The molecule has 1 amide bonds. The molecule has 6 nitrogen and oxygen atoms in total. The van der Waals surface area contributed by atoms with Gasteiger partial charge in [-0.25, -0.2) is 4.98 Å². The van der Waals surface area contributed by atoms with E-state index in [-0.39, 0.29) is 24.0 Å². The van der Waals surface area contributed by atoms with Crippen LogP contribution in [0.3, 0.4) is 0 Å². The fraction of sp³-hybridized carbons (Fsp3) is 0.818. The van der Waals surface area contributed by atoms with Gasteiger partial charge in [-0.1, -0.05) is 6.92 Å². The number of amides is 1. The summed E-state index contributed by atoms with van der Waals surface area (Å²) >= 11 is 0. The summed E-state index contributed by atoms with van der Waals surface area (Å²) < 4.78 is 14.0. The largest absolute Gasteiger partial charge is 0.376 e. The van der Waals surface area contributed by atoms with E-state index in [1.807, 2.05) is 12.4 Å². The fourth-order valence-electron chi connectivity index (χ4n) is 5.14. The smallest absolute Gasteiger partial charge is 0.229 e. The van der Waals surface area contributed by atoms with E-state index < -0.39 is 0 Å². The number of hydrogen-bond acceptors (Lipinski definition) is 4. The number of aromatic nitrogens is 2. The zero-order valence-electron chi connectivity index (χ0n) is 17.4. The molecule has 1 saturated carbocycles. The second-order valence-electron chi connectivity index (χ2n) is 8.80. The number of rotatable bonds is 6. The Hall–Kier alpha value is -1.40. The summed E-state index contributed by atoms with van der Waals surface area (Å²) in [4.78, 5) is 20.5. The lowest BCUT2D eigenvalue weighted by molar-refractivity contribution is -0.143. The van der Waals surface area contributed by atoms with Gasteiger partial charge in [-0.05, 0) is 57.8 Å². The Morgan fingerprint density at radius 1 is 1.18 bits per heavy atom. The molecule has 1 unspecified atom stereocenters.